The topological polar surface area (TPSA) is 104 Å². The van der Waals surface area contributed by atoms with Gasteiger partial charge < -0.3 is 9.47 Å². The predicted molar refractivity (Wildman–Crippen MR) is 74.0 cm³/mol. The van der Waals surface area contributed by atoms with Crippen molar-refractivity contribution in [2.45, 2.75) is 6.92 Å². The molecule has 0 amide bonds. The van der Waals surface area contributed by atoms with E-state index >= 15 is 0 Å². The van der Waals surface area contributed by atoms with E-state index in [9.17, 15) is 14.9 Å². The van der Waals surface area contributed by atoms with Crippen LogP contribution >= 0.6 is 22.9 Å². The van der Waals surface area contributed by atoms with E-state index in [1.54, 1.807) is 6.92 Å². The highest BCUT2D eigenvalue weighted by Crippen LogP contribution is 2.34. The van der Waals surface area contributed by atoms with Crippen LogP contribution in [0.5, 0.6) is 10.9 Å². The lowest BCUT2D eigenvalue weighted by molar-refractivity contribution is -0.385. The van der Waals surface area contributed by atoms with Crippen molar-refractivity contribution < 1.29 is 19.2 Å². The number of nitrogens with zero attached hydrogens (tertiary/aromatic N) is 3. The van der Waals surface area contributed by atoms with Gasteiger partial charge in [0.15, 0.2) is 0 Å². The van der Waals surface area contributed by atoms with Gasteiger partial charge in [-0.25, -0.2) is 4.79 Å². The van der Waals surface area contributed by atoms with E-state index in [1.807, 2.05) is 0 Å². The number of rotatable bonds is 5. The fourth-order valence-corrected chi connectivity index (χ4v) is 2.11. The highest BCUT2D eigenvalue weighted by molar-refractivity contribution is 7.14. The minimum Gasteiger partial charge on any atom is -0.461 e. The van der Waals surface area contributed by atoms with Crippen molar-refractivity contribution in [1.82, 2.24) is 10.2 Å². The number of halogens is 1. The van der Waals surface area contributed by atoms with Gasteiger partial charge in [-0.3, -0.25) is 10.1 Å². The number of ether oxygens (including phenoxy) is 2. The van der Waals surface area contributed by atoms with E-state index in [-0.39, 0.29) is 33.3 Å². The van der Waals surface area contributed by atoms with Crippen LogP contribution in [0.4, 0.5) is 5.69 Å². The molecule has 21 heavy (non-hydrogen) atoms. The first-order valence-corrected chi connectivity index (χ1v) is 6.83. The second-order valence-electron chi connectivity index (χ2n) is 3.56. The summed E-state index contributed by atoms with van der Waals surface area (Å²) in [7, 11) is 0. The molecule has 0 aliphatic heterocycles. The number of hydrogen-bond donors (Lipinski definition) is 0. The van der Waals surface area contributed by atoms with Gasteiger partial charge in [0.25, 0.3) is 5.19 Å². The van der Waals surface area contributed by atoms with Gasteiger partial charge in [-0.2, -0.15) is 0 Å². The van der Waals surface area contributed by atoms with Gasteiger partial charge in [-0.1, -0.05) is 16.7 Å². The molecular weight excluding hydrogens is 322 g/mol. The lowest BCUT2D eigenvalue weighted by Crippen LogP contribution is -2.03. The van der Waals surface area contributed by atoms with Crippen LogP contribution < -0.4 is 4.74 Å². The second kappa shape index (κ2) is 6.46. The average molecular weight is 330 g/mol. The van der Waals surface area contributed by atoms with Crippen LogP contribution in [0.3, 0.4) is 0 Å². The van der Waals surface area contributed by atoms with Crippen molar-refractivity contribution in [3.05, 3.63) is 38.3 Å². The quantitative estimate of drug-likeness (QED) is 0.471. The zero-order valence-electron chi connectivity index (χ0n) is 10.6. The van der Waals surface area contributed by atoms with Crippen molar-refractivity contribution >= 4 is 34.6 Å². The molecule has 0 saturated heterocycles. The molecule has 2 rings (SSSR count). The molecule has 0 saturated carbocycles. The normalized spacial score (nSPS) is 10.2. The fraction of sp³-hybridized carbons (Fsp3) is 0.182. The first-order valence-electron chi connectivity index (χ1n) is 5.63. The van der Waals surface area contributed by atoms with Gasteiger partial charge in [0.05, 0.1) is 11.5 Å². The number of carbonyl (C=O) groups is 1. The lowest BCUT2D eigenvalue weighted by atomic mass is 10.3. The van der Waals surface area contributed by atoms with E-state index in [0.717, 1.165) is 11.3 Å². The number of esters is 1. The molecule has 0 atom stereocenters. The molecule has 0 radical (unpaired) electrons. The highest BCUT2D eigenvalue weighted by Gasteiger charge is 2.20. The van der Waals surface area contributed by atoms with Crippen LogP contribution in [0, 0.1) is 10.1 Å². The molecule has 1 heterocycles. The molecule has 110 valence electrons. The lowest BCUT2D eigenvalue weighted by Gasteiger charge is -2.02. The van der Waals surface area contributed by atoms with E-state index in [0.29, 0.717) is 0 Å². The first-order chi connectivity index (χ1) is 10.0. The van der Waals surface area contributed by atoms with Gasteiger partial charge in [0, 0.05) is 17.2 Å². The molecule has 0 spiro atoms. The zero-order chi connectivity index (χ0) is 15.4. The Morgan fingerprint density at radius 1 is 1.48 bits per heavy atom. The number of benzene rings is 1. The van der Waals surface area contributed by atoms with Crippen molar-refractivity contribution in [1.29, 1.82) is 0 Å². The summed E-state index contributed by atoms with van der Waals surface area (Å²) < 4.78 is 10.0. The molecule has 0 aliphatic carbocycles. The molecule has 1 aromatic carbocycles. The van der Waals surface area contributed by atoms with Crippen LogP contribution in [0.15, 0.2) is 18.2 Å². The summed E-state index contributed by atoms with van der Waals surface area (Å²) >= 11 is 6.59. The zero-order valence-corrected chi connectivity index (χ0v) is 12.2. The van der Waals surface area contributed by atoms with Gasteiger partial charge >= 0.3 is 11.7 Å². The third-order valence-corrected chi connectivity index (χ3v) is 3.19. The molecule has 0 bridgehead atoms. The predicted octanol–water partition coefficient (Wildman–Crippen LogP) is 3.07. The Hall–Kier alpha value is -2.26. The molecule has 1 aromatic heterocycles. The molecular formula is C11H8ClN3O5S. The van der Waals surface area contributed by atoms with Crippen LogP contribution in [-0.2, 0) is 4.74 Å². The van der Waals surface area contributed by atoms with E-state index in [4.69, 9.17) is 21.1 Å². The van der Waals surface area contributed by atoms with Crippen molar-refractivity contribution in [3.63, 3.8) is 0 Å². The minimum atomic E-state index is -0.634. The Morgan fingerprint density at radius 3 is 2.90 bits per heavy atom. The van der Waals surface area contributed by atoms with Gasteiger partial charge in [-0.15, -0.1) is 5.10 Å². The molecule has 8 nitrogen and oxygen atoms in total. The third-order valence-electron chi connectivity index (χ3n) is 2.17. The van der Waals surface area contributed by atoms with E-state index in [1.165, 1.54) is 18.2 Å². The number of hydrogen-bond acceptors (Lipinski definition) is 8. The maximum absolute atomic E-state index is 11.4. The number of nitro benzene ring substituents is 1. The standard InChI is InChI=1S/C11H8ClN3O5S/c1-2-19-10(16)9-13-14-11(21-9)20-8-5-6(12)3-4-7(8)15(17)18/h3-5H,2H2,1H3. The van der Waals surface area contributed by atoms with Crippen LogP contribution in [0.1, 0.15) is 16.7 Å². The molecule has 0 unspecified atom stereocenters. The summed E-state index contributed by atoms with van der Waals surface area (Å²) in [4.78, 5) is 21.7. The maximum Gasteiger partial charge on any atom is 0.369 e. The second-order valence-corrected chi connectivity index (χ2v) is 4.94. The van der Waals surface area contributed by atoms with Crippen molar-refractivity contribution in [3.8, 4) is 10.9 Å². The molecule has 0 aliphatic rings. The molecule has 0 fully saturated rings. The Morgan fingerprint density at radius 2 is 2.24 bits per heavy atom. The summed E-state index contributed by atoms with van der Waals surface area (Å²) in [6.45, 7) is 1.86. The summed E-state index contributed by atoms with van der Waals surface area (Å²) in [6.07, 6.45) is 0. The summed E-state index contributed by atoms with van der Waals surface area (Å²) in [5.41, 5.74) is -0.271. The SMILES string of the molecule is CCOC(=O)c1nnc(Oc2cc(Cl)ccc2[N+](=O)[O-])s1. The summed E-state index contributed by atoms with van der Waals surface area (Å²) in [5, 5.41) is 18.4. The molecule has 10 heteroatoms. The average Bonchev–Trinajstić information content (AvgIpc) is 2.87. The van der Waals surface area contributed by atoms with Gasteiger partial charge in [-0.05, 0) is 24.3 Å². The summed E-state index contributed by atoms with van der Waals surface area (Å²) in [6, 6.07) is 3.87. The Labute approximate surface area is 127 Å². The van der Waals surface area contributed by atoms with Crippen molar-refractivity contribution in [2.75, 3.05) is 6.61 Å². The largest absolute Gasteiger partial charge is 0.461 e. The minimum absolute atomic E-state index is 0.00321. The first kappa shape index (κ1) is 15.1. The fourth-order valence-electron chi connectivity index (χ4n) is 1.34. The monoisotopic (exact) mass is 329 g/mol. The molecule has 2 aromatic rings. The highest BCUT2D eigenvalue weighted by atomic mass is 35.5. The number of carbonyl (C=O) groups excluding carboxylic acids is 1. The van der Waals surface area contributed by atoms with Crippen LogP contribution in [0.25, 0.3) is 0 Å². The third kappa shape index (κ3) is 3.64. The van der Waals surface area contributed by atoms with Crippen LogP contribution in [-0.4, -0.2) is 27.7 Å². The van der Waals surface area contributed by atoms with E-state index in [2.05, 4.69) is 10.2 Å². The number of nitro groups is 1. The smallest absolute Gasteiger partial charge is 0.369 e. The Bertz CT molecular complexity index is 690. The van der Waals surface area contributed by atoms with Gasteiger partial charge in [0.1, 0.15) is 0 Å². The summed E-state index contributed by atoms with van der Waals surface area (Å²) in [5.74, 6) is -0.718. The number of aromatic nitrogens is 2. The maximum atomic E-state index is 11.4. The molecule has 0 N–H and O–H groups in total. The Balaban J connectivity index is 2.24. The Kier molecular flexibility index (Phi) is 4.66. The van der Waals surface area contributed by atoms with E-state index < -0.39 is 10.9 Å². The van der Waals surface area contributed by atoms with Gasteiger partial charge in [0.2, 0.25) is 10.8 Å². The van der Waals surface area contributed by atoms with Crippen molar-refractivity contribution in [2.24, 2.45) is 0 Å². The van der Waals surface area contributed by atoms with Crippen LogP contribution in [0.2, 0.25) is 5.02 Å².